The topological polar surface area (TPSA) is 63.2 Å². The van der Waals surface area contributed by atoms with Crippen molar-refractivity contribution in [1.82, 2.24) is 4.98 Å². The number of nitrogens with zero attached hydrogens (tertiary/aromatic N) is 1. The highest BCUT2D eigenvalue weighted by atomic mass is 16.5. The number of rotatable bonds is 10. The molecule has 1 heterocycles. The molecule has 2 aliphatic carbocycles. The zero-order valence-corrected chi connectivity index (χ0v) is 20.3. The predicted molar refractivity (Wildman–Crippen MR) is 141 cm³/mol. The Bertz CT molecular complexity index is 1120. The third kappa shape index (κ3) is 6.84. The lowest BCUT2D eigenvalue weighted by atomic mass is 9.86. The van der Waals surface area contributed by atoms with Gasteiger partial charge >= 0.3 is 0 Å². The summed E-state index contributed by atoms with van der Waals surface area (Å²) in [7, 11) is 0. The standard InChI is InChI=1S/C30H35N3O2/c34-30(17-12-22-7-2-1-3-8-22)33-25-11-6-10-24(19-25)32-29-16-15-27(20-28(29)23-13-14-23)35-21-26-9-4-5-18-31-26/h4-6,9-11,15-16,18-20,22-23,32H,1-3,7-8,12-14,17,21H2,(H,33,34). The van der Waals surface area contributed by atoms with E-state index in [-0.39, 0.29) is 5.91 Å². The van der Waals surface area contributed by atoms with Gasteiger partial charge in [0.05, 0.1) is 5.69 Å². The third-order valence-electron chi connectivity index (χ3n) is 7.08. The molecule has 3 aromatic rings. The first-order chi connectivity index (χ1) is 17.2. The minimum atomic E-state index is 0.112. The first-order valence-corrected chi connectivity index (χ1v) is 13.1. The summed E-state index contributed by atoms with van der Waals surface area (Å²) in [5.41, 5.74) is 5.11. The highest BCUT2D eigenvalue weighted by molar-refractivity contribution is 5.91. The minimum absolute atomic E-state index is 0.112. The van der Waals surface area contributed by atoms with Crippen molar-refractivity contribution in [1.29, 1.82) is 0 Å². The molecule has 1 aromatic heterocycles. The second kappa shape index (κ2) is 11.4. The molecule has 2 fully saturated rings. The van der Waals surface area contributed by atoms with Crippen molar-refractivity contribution in [2.24, 2.45) is 5.92 Å². The van der Waals surface area contributed by atoms with Gasteiger partial charge in [0.25, 0.3) is 0 Å². The number of benzene rings is 2. The van der Waals surface area contributed by atoms with E-state index in [1.807, 2.05) is 48.5 Å². The van der Waals surface area contributed by atoms with Crippen molar-refractivity contribution in [2.45, 2.75) is 70.3 Å². The quantitative estimate of drug-likeness (QED) is 0.321. The molecule has 2 aromatic carbocycles. The number of ether oxygens (including phenoxy) is 1. The summed E-state index contributed by atoms with van der Waals surface area (Å²) in [5.74, 6) is 2.26. The van der Waals surface area contributed by atoms with Crippen molar-refractivity contribution in [2.75, 3.05) is 10.6 Å². The highest BCUT2D eigenvalue weighted by Gasteiger charge is 2.27. The molecule has 2 N–H and O–H groups in total. The largest absolute Gasteiger partial charge is 0.487 e. The molecule has 0 bridgehead atoms. The van der Waals surface area contributed by atoms with E-state index < -0.39 is 0 Å². The SMILES string of the molecule is O=C(CCC1CCCCC1)Nc1cccc(Nc2ccc(OCc3ccccn3)cc2C2CC2)c1. The lowest BCUT2D eigenvalue weighted by molar-refractivity contribution is -0.116. The summed E-state index contributed by atoms with van der Waals surface area (Å²) in [6.45, 7) is 0.459. The summed E-state index contributed by atoms with van der Waals surface area (Å²) in [5, 5.41) is 6.67. The summed E-state index contributed by atoms with van der Waals surface area (Å²) < 4.78 is 6.01. The van der Waals surface area contributed by atoms with Crippen LogP contribution in [0.1, 0.15) is 75.0 Å². The Hall–Kier alpha value is -3.34. The monoisotopic (exact) mass is 469 g/mol. The van der Waals surface area contributed by atoms with Crippen LogP contribution in [0.4, 0.5) is 17.1 Å². The van der Waals surface area contributed by atoms with Crippen molar-refractivity contribution in [3.8, 4) is 5.75 Å². The van der Waals surface area contributed by atoms with Gasteiger partial charge in [0.2, 0.25) is 5.91 Å². The molecule has 0 aliphatic heterocycles. The van der Waals surface area contributed by atoms with Gasteiger partial charge in [-0.15, -0.1) is 0 Å². The normalized spacial score (nSPS) is 16.0. The molecule has 35 heavy (non-hydrogen) atoms. The van der Waals surface area contributed by atoms with Gasteiger partial charge in [-0.1, -0.05) is 44.2 Å². The van der Waals surface area contributed by atoms with E-state index >= 15 is 0 Å². The van der Waals surface area contributed by atoms with Crippen LogP contribution in [0.5, 0.6) is 5.75 Å². The number of hydrogen-bond donors (Lipinski definition) is 2. The van der Waals surface area contributed by atoms with E-state index in [2.05, 4.69) is 27.8 Å². The molecule has 0 spiro atoms. The van der Waals surface area contributed by atoms with Crippen LogP contribution >= 0.6 is 0 Å². The number of carbonyl (C=O) groups is 1. The molecule has 5 heteroatoms. The number of hydrogen-bond acceptors (Lipinski definition) is 4. The van der Waals surface area contributed by atoms with Gasteiger partial charge in [-0.2, -0.15) is 0 Å². The number of nitrogens with one attached hydrogen (secondary N) is 2. The maximum absolute atomic E-state index is 12.5. The Morgan fingerprint density at radius 1 is 0.914 bits per heavy atom. The Labute approximate surface area is 208 Å². The van der Waals surface area contributed by atoms with Gasteiger partial charge in [0.15, 0.2) is 0 Å². The van der Waals surface area contributed by atoms with Gasteiger partial charge in [-0.25, -0.2) is 0 Å². The van der Waals surface area contributed by atoms with Crippen molar-refractivity contribution >= 4 is 23.0 Å². The first-order valence-electron chi connectivity index (χ1n) is 13.1. The number of pyridine rings is 1. The molecule has 0 atom stereocenters. The summed E-state index contributed by atoms with van der Waals surface area (Å²) >= 11 is 0. The molecular weight excluding hydrogens is 434 g/mol. The maximum atomic E-state index is 12.5. The van der Waals surface area contributed by atoms with Crippen molar-refractivity contribution in [3.05, 3.63) is 78.1 Å². The van der Waals surface area contributed by atoms with Crippen LogP contribution in [-0.4, -0.2) is 10.9 Å². The Morgan fingerprint density at radius 3 is 2.57 bits per heavy atom. The van der Waals surface area contributed by atoms with Crippen LogP contribution in [0, 0.1) is 5.92 Å². The zero-order chi connectivity index (χ0) is 23.9. The van der Waals surface area contributed by atoms with Crippen molar-refractivity contribution in [3.63, 3.8) is 0 Å². The first kappa shape index (κ1) is 23.4. The summed E-state index contributed by atoms with van der Waals surface area (Å²) in [6.07, 6.45) is 12.4. The predicted octanol–water partition coefficient (Wildman–Crippen LogP) is 7.58. The molecule has 0 radical (unpaired) electrons. The van der Waals surface area contributed by atoms with Gasteiger partial charge < -0.3 is 15.4 Å². The fourth-order valence-corrected chi connectivity index (χ4v) is 4.98. The second-order valence-electron chi connectivity index (χ2n) is 9.93. The van der Waals surface area contributed by atoms with Gasteiger partial charge in [-0.05, 0) is 85.2 Å². The van der Waals surface area contributed by atoms with E-state index in [0.29, 0.717) is 18.9 Å². The summed E-state index contributed by atoms with van der Waals surface area (Å²) in [4.78, 5) is 16.9. The van der Waals surface area contributed by atoms with Crippen LogP contribution in [0.2, 0.25) is 0 Å². The van der Waals surface area contributed by atoms with E-state index in [9.17, 15) is 4.79 Å². The average Bonchev–Trinajstić information content (AvgIpc) is 3.74. The lowest BCUT2D eigenvalue weighted by Gasteiger charge is -2.21. The number of amides is 1. The van der Waals surface area contributed by atoms with E-state index in [1.165, 1.54) is 50.5 Å². The van der Waals surface area contributed by atoms with Crippen LogP contribution < -0.4 is 15.4 Å². The number of carbonyl (C=O) groups excluding carboxylic acids is 1. The van der Waals surface area contributed by atoms with E-state index in [4.69, 9.17) is 4.74 Å². The van der Waals surface area contributed by atoms with Crippen LogP contribution in [0.3, 0.4) is 0 Å². The van der Waals surface area contributed by atoms with Gasteiger partial charge in [-0.3, -0.25) is 9.78 Å². The Morgan fingerprint density at radius 2 is 1.77 bits per heavy atom. The third-order valence-corrected chi connectivity index (χ3v) is 7.08. The summed E-state index contributed by atoms with van der Waals surface area (Å²) in [6, 6.07) is 20.1. The minimum Gasteiger partial charge on any atom is -0.487 e. The maximum Gasteiger partial charge on any atom is 0.224 e. The highest BCUT2D eigenvalue weighted by Crippen LogP contribution is 2.45. The van der Waals surface area contributed by atoms with Gasteiger partial charge in [0.1, 0.15) is 12.4 Å². The zero-order valence-electron chi connectivity index (χ0n) is 20.3. The van der Waals surface area contributed by atoms with E-state index in [1.54, 1.807) is 6.20 Å². The molecule has 2 saturated carbocycles. The fraction of sp³-hybridized carbons (Fsp3) is 0.400. The fourth-order valence-electron chi connectivity index (χ4n) is 4.98. The van der Waals surface area contributed by atoms with Crippen LogP contribution in [0.15, 0.2) is 66.9 Å². The molecular formula is C30H35N3O2. The lowest BCUT2D eigenvalue weighted by Crippen LogP contribution is -2.14. The molecule has 5 rings (SSSR count). The Kier molecular flexibility index (Phi) is 7.62. The molecule has 2 aliphatic rings. The molecule has 0 unspecified atom stereocenters. The van der Waals surface area contributed by atoms with Crippen LogP contribution in [0.25, 0.3) is 0 Å². The number of aromatic nitrogens is 1. The smallest absolute Gasteiger partial charge is 0.224 e. The molecule has 0 saturated heterocycles. The second-order valence-corrected chi connectivity index (χ2v) is 9.93. The van der Waals surface area contributed by atoms with E-state index in [0.717, 1.165) is 40.8 Å². The van der Waals surface area contributed by atoms with Gasteiger partial charge in [0, 0.05) is 29.7 Å². The average molecular weight is 470 g/mol. The molecule has 5 nitrogen and oxygen atoms in total. The number of anilines is 3. The molecule has 182 valence electrons. The Balaban J connectivity index is 1.20. The van der Waals surface area contributed by atoms with Crippen LogP contribution in [-0.2, 0) is 11.4 Å². The molecule has 1 amide bonds. The van der Waals surface area contributed by atoms with Crippen molar-refractivity contribution < 1.29 is 9.53 Å².